The molecule has 1 aromatic carbocycles. The molecule has 12 heteroatoms. The maximum Gasteiger partial charge on any atom is 0.423 e. The highest BCUT2D eigenvalue weighted by atomic mass is 28.3. The molecule has 8 nitrogen and oxygen atoms in total. The van der Waals surface area contributed by atoms with Gasteiger partial charge in [0, 0.05) is 34.3 Å². The largest absolute Gasteiger partial charge is 0.481 e. The molecule has 0 spiro atoms. The van der Waals surface area contributed by atoms with Crippen molar-refractivity contribution < 1.29 is 27.8 Å². The molecule has 1 aliphatic heterocycles. The molecule has 2 aromatic rings. The molecule has 0 saturated carbocycles. The summed E-state index contributed by atoms with van der Waals surface area (Å²) in [5.41, 5.74) is -1.19. The van der Waals surface area contributed by atoms with Crippen molar-refractivity contribution in [3.8, 4) is 0 Å². The summed E-state index contributed by atoms with van der Waals surface area (Å²) in [6.07, 6.45) is -3.94. The number of rotatable bonds is 11. The molecule has 192 valence electrons. The minimum Gasteiger partial charge on any atom is -0.481 e. The van der Waals surface area contributed by atoms with E-state index < -0.39 is 37.4 Å². The van der Waals surface area contributed by atoms with E-state index in [4.69, 9.17) is 9.84 Å². The number of anilines is 1. The Morgan fingerprint density at radius 3 is 2.66 bits per heavy atom. The summed E-state index contributed by atoms with van der Waals surface area (Å²) in [5.74, 6) is -0.972. The molecule has 0 radical (unpaired) electrons. The van der Waals surface area contributed by atoms with Crippen LogP contribution in [0.4, 0.5) is 18.9 Å². The quantitative estimate of drug-likeness (QED) is 0.350. The Morgan fingerprint density at radius 2 is 2.00 bits per heavy atom. The second-order valence-corrected chi connectivity index (χ2v) is 15.4. The number of carboxylic acids is 1. The first kappa shape index (κ1) is 26.9. The van der Waals surface area contributed by atoms with E-state index in [0.29, 0.717) is 11.3 Å². The van der Waals surface area contributed by atoms with Gasteiger partial charge in [0.1, 0.15) is 12.3 Å². The molecule has 2 N–H and O–H groups in total. The monoisotopic (exact) mass is 512 g/mol. The van der Waals surface area contributed by atoms with Crippen LogP contribution in [0.5, 0.6) is 0 Å². The molecule has 1 aliphatic rings. The van der Waals surface area contributed by atoms with Crippen molar-refractivity contribution in [2.75, 3.05) is 24.6 Å². The van der Waals surface area contributed by atoms with Crippen molar-refractivity contribution in [3.05, 3.63) is 57.5 Å². The molecule has 3 rings (SSSR count). The SMILES string of the molecule is C[Si](C)(C)CCOCn1ncc(N2Cc3ccccc3C2CNCCC(=O)O)c(C(F)(F)F)c1=O. The Balaban J connectivity index is 1.90. The minimum atomic E-state index is -4.90. The van der Waals surface area contributed by atoms with Crippen LogP contribution in [0.2, 0.25) is 25.7 Å². The van der Waals surface area contributed by atoms with Crippen LogP contribution in [0.3, 0.4) is 0 Å². The van der Waals surface area contributed by atoms with Gasteiger partial charge in [-0.05, 0) is 17.2 Å². The van der Waals surface area contributed by atoms with E-state index in [1.807, 2.05) is 12.1 Å². The number of aromatic nitrogens is 2. The summed E-state index contributed by atoms with van der Waals surface area (Å²) in [6, 6.07) is 7.54. The van der Waals surface area contributed by atoms with Crippen molar-refractivity contribution in [2.24, 2.45) is 0 Å². The van der Waals surface area contributed by atoms with Gasteiger partial charge in [0.2, 0.25) is 0 Å². The van der Waals surface area contributed by atoms with Crippen LogP contribution in [0.1, 0.15) is 29.2 Å². The predicted octanol–water partition coefficient (Wildman–Crippen LogP) is 3.70. The first-order valence-corrected chi connectivity index (χ1v) is 15.1. The number of fused-ring (bicyclic) bond motifs is 1. The third kappa shape index (κ3) is 6.92. The number of nitrogens with one attached hydrogen (secondary N) is 1. The van der Waals surface area contributed by atoms with Gasteiger partial charge in [0.05, 0.1) is 24.3 Å². The summed E-state index contributed by atoms with van der Waals surface area (Å²) in [4.78, 5) is 25.2. The van der Waals surface area contributed by atoms with Crippen LogP contribution >= 0.6 is 0 Å². The zero-order chi connectivity index (χ0) is 25.8. The topological polar surface area (TPSA) is 96.7 Å². The lowest BCUT2D eigenvalue weighted by Gasteiger charge is -2.29. The average Bonchev–Trinajstić information content (AvgIpc) is 3.11. The molecule has 1 unspecified atom stereocenters. The van der Waals surface area contributed by atoms with Gasteiger partial charge in [-0.1, -0.05) is 43.9 Å². The van der Waals surface area contributed by atoms with Crippen LogP contribution in [0.25, 0.3) is 0 Å². The van der Waals surface area contributed by atoms with Crippen molar-refractivity contribution in [1.82, 2.24) is 15.1 Å². The summed E-state index contributed by atoms with van der Waals surface area (Å²) in [5, 5.41) is 15.9. The fraction of sp³-hybridized carbons (Fsp3) is 0.522. The van der Waals surface area contributed by atoms with Crippen LogP contribution < -0.4 is 15.8 Å². The number of halogens is 3. The molecular formula is C23H31F3N4O4Si. The third-order valence-electron chi connectivity index (χ3n) is 5.81. The van der Waals surface area contributed by atoms with Gasteiger partial charge in [-0.3, -0.25) is 9.59 Å². The normalized spacial score (nSPS) is 15.9. The lowest BCUT2D eigenvalue weighted by atomic mass is 10.0. The van der Waals surface area contributed by atoms with E-state index in [-0.39, 0.29) is 38.5 Å². The highest BCUT2D eigenvalue weighted by Gasteiger charge is 2.42. The number of benzene rings is 1. The minimum absolute atomic E-state index is 0.114. The van der Waals surface area contributed by atoms with E-state index in [0.717, 1.165) is 23.4 Å². The molecule has 0 amide bonds. The lowest BCUT2D eigenvalue weighted by molar-refractivity contribution is -0.139. The van der Waals surface area contributed by atoms with Crippen molar-refractivity contribution >= 4 is 19.7 Å². The second-order valence-electron chi connectivity index (χ2n) is 9.75. The van der Waals surface area contributed by atoms with Crippen LogP contribution in [0, 0.1) is 0 Å². The number of carbonyl (C=O) groups is 1. The Morgan fingerprint density at radius 1 is 1.29 bits per heavy atom. The average molecular weight is 513 g/mol. The molecule has 1 aromatic heterocycles. The highest BCUT2D eigenvalue weighted by Crippen LogP contribution is 2.41. The summed E-state index contributed by atoms with van der Waals surface area (Å²) >= 11 is 0. The number of alkyl halides is 3. The van der Waals surface area contributed by atoms with E-state index in [9.17, 15) is 22.8 Å². The van der Waals surface area contributed by atoms with E-state index >= 15 is 0 Å². The molecule has 0 aliphatic carbocycles. The standard InChI is InChI=1S/C23H31F3N4O4Si/c1-35(2,3)11-10-34-15-30-22(33)21(23(24,25)26)19(13-28-30)29-14-16-6-4-5-7-17(16)18(29)12-27-9-8-20(31)32/h4-7,13,18,27H,8-12,14-15H2,1-3H3,(H,31,32). The molecule has 0 saturated heterocycles. The van der Waals surface area contributed by atoms with Crippen LogP contribution in [-0.2, 0) is 29.0 Å². The zero-order valence-corrected chi connectivity index (χ0v) is 21.1. The maximum atomic E-state index is 14.2. The van der Waals surface area contributed by atoms with Gasteiger partial charge >= 0.3 is 12.1 Å². The van der Waals surface area contributed by atoms with E-state index in [1.54, 1.807) is 12.1 Å². The summed E-state index contributed by atoms with van der Waals surface area (Å²) in [6.45, 7) is 7.00. The smallest absolute Gasteiger partial charge is 0.423 e. The number of aliphatic carboxylic acids is 1. The van der Waals surface area contributed by atoms with Crippen LogP contribution in [0.15, 0.2) is 35.3 Å². The van der Waals surface area contributed by atoms with Gasteiger partial charge < -0.3 is 20.1 Å². The number of hydrogen-bond donors (Lipinski definition) is 2. The Bertz CT molecular complexity index is 1100. The van der Waals surface area contributed by atoms with Gasteiger partial charge in [0.15, 0.2) is 0 Å². The van der Waals surface area contributed by atoms with Crippen molar-refractivity contribution in [3.63, 3.8) is 0 Å². The number of ether oxygens (including phenoxy) is 1. The van der Waals surface area contributed by atoms with E-state index in [2.05, 4.69) is 30.1 Å². The molecule has 2 heterocycles. The summed E-state index contributed by atoms with van der Waals surface area (Å²) < 4.78 is 48.6. The number of nitrogens with zero attached hydrogens (tertiary/aromatic N) is 3. The fourth-order valence-corrected chi connectivity index (χ4v) is 4.71. The Labute approximate surface area is 202 Å². The van der Waals surface area contributed by atoms with Gasteiger partial charge in [-0.2, -0.15) is 18.3 Å². The van der Waals surface area contributed by atoms with Gasteiger partial charge in [-0.15, -0.1) is 0 Å². The van der Waals surface area contributed by atoms with Crippen LogP contribution in [-0.4, -0.2) is 48.6 Å². The molecule has 1 atom stereocenters. The first-order chi connectivity index (χ1) is 16.4. The molecule has 0 bridgehead atoms. The highest BCUT2D eigenvalue weighted by molar-refractivity contribution is 6.76. The first-order valence-electron chi connectivity index (χ1n) is 11.4. The second kappa shape index (κ2) is 10.9. The third-order valence-corrected chi connectivity index (χ3v) is 7.52. The van der Waals surface area contributed by atoms with Crippen molar-refractivity contribution in [2.45, 2.75) is 57.6 Å². The lowest BCUT2D eigenvalue weighted by Crippen LogP contribution is -2.38. The van der Waals surface area contributed by atoms with Gasteiger partial charge in [-0.25, -0.2) is 4.68 Å². The summed E-state index contributed by atoms with van der Waals surface area (Å²) in [7, 11) is -1.39. The maximum absolute atomic E-state index is 14.2. The number of carboxylic acid groups (broad SMARTS) is 1. The predicted molar refractivity (Wildman–Crippen MR) is 128 cm³/mol. The Kier molecular flexibility index (Phi) is 8.39. The fourth-order valence-electron chi connectivity index (χ4n) is 3.96. The van der Waals surface area contributed by atoms with Gasteiger partial charge in [0.25, 0.3) is 5.56 Å². The number of hydrogen-bond acceptors (Lipinski definition) is 6. The molecular weight excluding hydrogens is 481 g/mol. The zero-order valence-electron chi connectivity index (χ0n) is 20.1. The van der Waals surface area contributed by atoms with Crippen molar-refractivity contribution in [1.29, 1.82) is 0 Å². The Hall–Kier alpha value is -2.70. The molecule has 0 fully saturated rings. The van der Waals surface area contributed by atoms with E-state index in [1.165, 1.54) is 4.90 Å². The molecule has 35 heavy (non-hydrogen) atoms.